The Morgan fingerprint density at radius 3 is 1.08 bits per heavy atom. The van der Waals surface area contributed by atoms with Crippen molar-refractivity contribution in [3.63, 3.8) is 0 Å². The van der Waals surface area contributed by atoms with Crippen LogP contribution in [0.2, 0.25) is 0 Å². The summed E-state index contributed by atoms with van der Waals surface area (Å²) in [7, 11) is 0. The van der Waals surface area contributed by atoms with Gasteiger partial charge in [0.25, 0.3) is 0 Å². The molecule has 0 bridgehead atoms. The van der Waals surface area contributed by atoms with Gasteiger partial charge in [0.2, 0.25) is 23.7 Å². The highest BCUT2D eigenvalue weighted by molar-refractivity contribution is 5.87. The van der Waals surface area contributed by atoms with Gasteiger partial charge in [-0.2, -0.15) is 19.9 Å². The van der Waals surface area contributed by atoms with Crippen LogP contribution in [0.5, 0.6) is 0 Å². The van der Waals surface area contributed by atoms with Crippen molar-refractivity contribution in [2.75, 3.05) is 85.9 Å². The molecule has 4 aromatic carbocycles. The zero-order valence-corrected chi connectivity index (χ0v) is 64.8. The van der Waals surface area contributed by atoms with Crippen LogP contribution in [-0.2, 0) is 28.8 Å². The van der Waals surface area contributed by atoms with Crippen molar-refractivity contribution in [2.45, 2.75) is 191 Å². The summed E-state index contributed by atoms with van der Waals surface area (Å²) in [6, 6.07) is 40.2. The van der Waals surface area contributed by atoms with Crippen molar-refractivity contribution in [1.82, 2.24) is 48.8 Å². The lowest BCUT2D eigenvalue weighted by Crippen LogP contribution is -2.33. The molecule has 112 heavy (non-hydrogen) atoms. The first-order chi connectivity index (χ1) is 54.5. The van der Waals surface area contributed by atoms with Gasteiger partial charge in [-0.3, -0.25) is 28.8 Å². The summed E-state index contributed by atoms with van der Waals surface area (Å²) in [5.74, 6) is 2.96. The third-order valence-electron chi connectivity index (χ3n) is 26.0. The zero-order valence-electron chi connectivity index (χ0n) is 64.8. The van der Waals surface area contributed by atoms with Gasteiger partial charge >= 0.3 is 0 Å². The molecule has 12 atom stereocenters. The maximum atomic E-state index is 14.0. The summed E-state index contributed by atoms with van der Waals surface area (Å²) in [4.78, 5) is 119. The molecule has 3 aliphatic carbocycles. The van der Waals surface area contributed by atoms with Crippen molar-refractivity contribution in [3.8, 4) is 0 Å². The number of anilines is 4. The summed E-state index contributed by atoms with van der Waals surface area (Å²) in [6.45, 7) is 9.57. The third-order valence-corrected chi connectivity index (χ3v) is 26.0. The first-order valence-electron chi connectivity index (χ1n) is 41.5. The molecule has 15 rings (SSSR count). The van der Waals surface area contributed by atoms with Crippen LogP contribution >= 0.6 is 0 Å². The molecule has 24 heteroatoms. The lowest BCUT2D eigenvalue weighted by Gasteiger charge is -2.30. The molecule has 0 spiro atoms. The summed E-state index contributed by atoms with van der Waals surface area (Å²) in [5, 5.41) is 52.7. The molecule has 4 aromatic heterocycles. The minimum absolute atomic E-state index is 0.0144. The molecular weight excluding hydrogens is 1410 g/mol. The highest BCUT2D eigenvalue weighted by Gasteiger charge is 2.46. The number of aliphatic hydroxyl groups is 4. The maximum Gasteiger partial charge on any atom is 0.229 e. The number of nitrogens with zero attached hydrogens (tertiary/aromatic N) is 12. The number of hydrogen-bond acceptors (Lipinski definition) is 20. The highest BCUT2D eigenvalue weighted by atomic mass is 16.3. The molecule has 4 aliphatic heterocycles. The van der Waals surface area contributed by atoms with E-state index in [2.05, 4.69) is 69.0 Å². The molecule has 0 radical (unpaired) electrons. The van der Waals surface area contributed by atoms with Gasteiger partial charge in [-0.1, -0.05) is 135 Å². The number of rotatable bonds is 32. The van der Waals surface area contributed by atoms with Crippen LogP contribution in [0.1, 0.15) is 188 Å². The first-order valence-corrected chi connectivity index (χ1v) is 41.5. The number of amides is 2. The summed E-state index contributed by atoms with van der Waals surface area (Å²) in [5.41, 5.74) is 6.68. The van der Waals surface area contributed by atoms with Gasteiger partial charge in [-0.05, 0) is 134 Å². The smallest absolute Gasteiger partial charge is 0.229 e. The molecule has 1 unspecified atom stereocenters. The lowest BCUT2D eigenvalue weighted by molar-refractivity contribution is -0.133. The van der Waals surface area contributed by atoms with E-state index in [0.29, 0.717) is 176 Å². The van der Waals surface area contributed by atoms with Gasteiger partial charge in [-0.15, -0.1) is 0 Å². The lowest BCUT2D eigenvalue weighted by atomic mass is 9.79. The Morgan fingerprint density at radius 1 is 0.393 bits per heavy atom. The van der Waals surface area contributed by atoms with E-state index in [0.717, 1.165) is 73.6 Å². The molecule has 6 N–H and O–H groups in total. The predicted molar refractivity (Wildman–Crippen MR) is 428 cm³/mol. The van der Waals surface area contributed by atoms with E-state index in [-0.39, 0.29) is 95.1 Å². The number of carbonyl (C=O) groups excluding carboxylic acids is 6. The van der Waals surface area contributed by atoms with E-state index in [4.69, 9.17) is 29.9 Å². The van der Waals surface area contributed by atoms with Gasteiger partial charge < -0.3 is 59.8 Å². The fraction of sp³-hybridized carbons (Fsp3) is 0.545. The van der Waals surface area contributed by atoms with Crippen LogP contribution in [0.4, 0.5) is 23.5 Å². The van der Waals surface area contributed by atoms with E-state index >= 15 is 0 Å². The maximum absolute atomic E-state index is 14.0. The average molecular weight is 1520 g/mol. The Kier molecular flexibility index (Phi) is 24.6. The second-order valence-electron chi connectivity index (χ2n) is 33.6. The molecule has 3 saturated carbocycles. The second kappa shape index (κ2) is 35.4. The molecule has 8 heterocycles. The number of hydrogen-bond donors (Lipinski definition) is 6. The molecule has 592 valence electrons. The standard InChI is InChI=1S/C88H110N14O10/c1-3-67(103)43-65-45-73(81(111)79(65)109)101-53-91-77-83(89-47-71(61-17-9-5-10-18-61)62-19-11-6-12-20-62)93-87(95-85(77)101)99-35-31-59(51-99)39-69(105)37-57-29-33-97(49-57)75(107)41-55-25-27-56(28-26-55)42-76(108)98-34-30-58(50-98)38-70(106)40-60-32-36-100(52-60)88-94-84(90-48-72(63-21-13-7-14-22-63)64-23-15-8-16-24-64)78-86(96-88)102(54-92-78)74-46-66(44-68(104)4-2)80(110)82(74)112/h5-24,53-60,65-66,71-74,79-82,109-112H,3-4,25-52H2,1-2H3,(H,89,93,95)(H,90,94,96)/t55-,56+,57-,58-,59+,60+,65-,66?,73+,74+,79+,80+,81-,82-/m0/s1. The van der Waals surface area contributed by atoms with Crippen molar-refractivity contribution in [2.24, 2.45) is 47.3 Å². The number of carbonyl (C=O) groups is 6. The zero-order chi connectivity index (χ0) is 77.5. The Morgan fingerprint density at radius 2 is 0.732 bits per heavy atom. The molecule has 8 aromatic rings. The fourth-order valence-electron chi connectivity index (χ4n) is 19.5. The number of ketones is 4. The number of nitrogens with one attached hydrogen (secondary N) is 2. The van der Waals surface area contributed by atoms with E-state index in [1.807, 2.05) is 106 Å². The van der Waals surface area contributed by atoms with Crippen molar-refractivity contribution >= 4 is 80.8 Å². The van der Waals surface area contributed by atoms with Gasteiger partial charge in [0, 0.05) is 141 Å². The molecule has 2 amide bonds. The normalized spacial score (nSPS) is 26.0. The Hall–Kier alpha value is -9.36. The fourth-order valence-corrected chi connectivity index (χ4v) is 19.5. The summed E-state index contributed by atoms with van der Waals surface area (Å²) < 4.78 is 3.68. The number of benzene rings is 4. The van der Waals surface area contributed by atoms with E-state index in [9.17, 15) is 49.2 Å². The molecule has 4 saturated heterocycles. The van der Waals surface area contributed by atoms with Crippen molar-refractivity contribution in [3.05, 3.63) is 156 Å². The minimum atomic E-state index is -1.12. The molecule has 7 aliphatic rings. The highest BCUT2D eigenvalue weighted by Crippen LogP contribution is 2.44. The van der Waals surface area contributed by atoms with Crippen LogP contribution < -0.4 is 20.4 Å². The van der Waals surface area contributed by atoms with Gasteiger partial charge in [-0.25, -0.2) is 9.97 Å². The van der Waals surface area contributed by atoms with Crippen LogP contribution in [-0.4, -0.2) is 194 Å². The minimum Gasteiger partial charge on any atom is -0.390 e. The third kappa shape index (κ3) is 17.8. The van der Waals surface area contributed by atoms with E-state index in [1.165, 1.54) is 0 Å². The Bertz CT molecular complexity index is 4210. The van der Waals surface area contributed by atoms with Crippen LogP contribution in [0.3, 0.4) is 0 Å². The number of fused-ring (bicyclic) bond motifs is 2. The number of aliphatic hydroxyl groups excluding tert-OH is 4. The molecule has 24 nitrogen and oxygen atoms in total. The summed E-state index contributed by atoms with van der Waals surface area (Å²) >= 11 is 0. The number of Topliss-reactive ketones (excluding diaryl/α,β-unsaturated/α-hetero) is 4. The molecule has 7 fully saturated rings. The van der Waals surface area contributed by atoms with Crippen molar-refractivity contribution in [1.29, 1.82) is 0 Å². The topological polar surface area (TPSA) is 308 Å². The summed E-state index contributed by atoms with van der Waals surface area (Å²) in [6.07, 6.45) is 10.3. The largest absolute Gasteiger partial charge is 0.390 e. The SMILES string of the molecule is CCC(=O)CC1C[C@@H](n2cnc3c(NCC(c4ccccc4)c4ccccc4)nc(N4CC[C@H](CC(=O)C[C@@H]5CCN(C(=O)C[C@H]6CC[C@@H](CC(=O)N7CC[C@@H](CC(=O)C[C@H]8CCN(c9nc(NCC(c%10ccccc%10)c%10ccccc%10)c%10ncn([C@@H]%11C[C@H](CC(=O)CC)[C@@H](O)[C@H]%11O)c%10n9)C8)C7)CC6)C5)C4)nc32)[C@H](O)[C@@H]1O. The number of imidazole rings is 2. The van der Waals surface area contributed by atoms with E-state index in [1.54, 1.807) is 12.7 Å². The number of aromatic nitrogens is 8. The quantitative estimate of drug-likeness (QED) is 0.0228. The van der Waals surface area contributed by atoms with Crippen molar-refractivity contribution < 1.29 is 49.2 Å². The first kappa shape index (κ1) is 77.9. The monoisotopic (exact) mass is 1520 g/mol. The van der Waals surface area contributed by atoms with Gasteiger partial charge in [0.15, 0.2) is 34.0 Å². The van der Waals surface area contributed by atoms with E-state index < -0.39 is 48.3 Å². The number of likely N-dealkylation sites (tertiary alicyclic amines) is 2. The molecular formula is C88H110N14O10. The van der Waals surface area contributed by atoms with Crippen LogP contribution in [0.15, 0.2) is 134 Å². The van der Waals surface area contributed by atoms with Crippen LogP contribution in [0, 0.1) is 47.3 Å². The van der Waals surface area contributed by atoms with Gasteiger partial charge in [0.1, 0.15) is 35.3 Å². The average Bonchev–Trinajstić information content (AvgIpc) is 1.60. The van der Waals surface area contributed by atoms with Crippen LogP contribution in [0.25, 0.3) is 22.3 Å². The van der Waals surface area contributed by atoms with Gasteiger partial charge in [0.05, 0.1) is 36.9 Å². The predicted octanol–water partition coefficient (Wildman–Crippen LogP) is 11.1. The second-order valence-corrected chi connectivity index (χ2v) is 33.6. The Balaban J connectivity index is 0.502. The Labute approximate surface area is 655 Å².